The summed E-state index contributed by atoms with van der Waals surface area (Å²) in [6.07, 6.45) is 31.2. The van der Waals surface area contributed by atoms with Crippen LogP contribution in [0.5, 0.6) is 0 Å². The Kier molecular flexibility index (Phi) is 64.2. The van der Waals surface area contributed by atoms with Crippen LogP contribution < -0.4 is 12.3 Å². The van der Waals surface area contributed by atoms with Crippen LogP contribution in [0.1, 0.15) is 174 Å². The predicted octanol–water partition coefficient (Wildman–Crippen LogP) is 12.6. The summed E-state index contributed by atoms with van der Waals surface area (Å²) in [4.78, 5) is 0. The highest BCUT2D eigenvalue weighted by Crippen LogP contribution is 2.26. The van der Waals surface area contributed by atoms with Crippen molar-refractivity contribution in [3.63, 3.8) is 0 Å². The minimum absolute atomic E-state index is 0. The number of rotatable bonds is 0. The third-order valence-electron chi connectivity index (χ3n) is 5.61. The molecule has 0 unspecified atom stereocenters. The van der Waals surface area contributed by atoms with E-state index >= 15 is 0 Å². The van der Waals surface area contributed by atoms with E-state index in [0.29, 0.717) is 0 Å². The van der Waals surface area contributed by atoms with Crippen molar-refractivity contribution in [3.05, 3.63) is 0 Å². The van der Waals surface area contributed by atoms with E-state index in [1.165, 1.54) is 135 Å². The summed E-state index contributed by atoms with van der Waals surface area (Å²) in [5, 5.41) is 0. The van der Waals surface area contributed by atoms with Crippen LogP contribution >= 0.6 is 13.5 Å². The summed E-state index contributed by atoms with van der Waals surface area (Å²) in [6.45, 7) is 8.84. The van der Waals surface area contributed by atoms with E-state index in [-0.39, 0.29) is 46.9 Å². The smallest absolute Gasteiger partial charge is 0 e. The Hall–Kier alpha value is 0.130. The van der Waals surface area contributed by atoms with Gasteiger partial charge in [0, 0.05) is 4.28 Å². The van der Waals surface area contributed by atoms with Crippen LogP contribution in [-0.2, 0) is 0 Å². The van der Waals surface area contributed by atoms with E-state index in [1.54, 1.807) is 0 Å². The lowest BCUT2D eigenvalue weighted by molar-refractivity contribution is 0.346. The van der Waals surface area contributed by atoms with Gasteiger partial charge in [0.1, 0.15) is 0 Å². The zero-order chi connectivity index (χ0) is 20.0. The summed E-state index contributed by atoms with van der Waals surface area (Å²) in [6, 6.07) is 0. The molecule has 6 N–H and O–H groups in total. The zero-order valence-electron chi connectivity index (χ0n) is 22.7. The highest BCUT2D eigenvalue weighted by atomic mass is 32.1. The molecule has 0 radical (unpaired) electrons. The van der Waals surface area contributed by atoms with Crippen molar-refractivity contribution < 1.29 is 13.7 Å². The minimum Gasteiger partial charge on any atom is -0.344 e. The summed E-state index contributed by atoms with van der Waals surface area (Å²) >= 11 is 0. The van der Waals surface area contributed by atoms with Crippen LogP contribution in [0.3, 0.4) is 0 Å². The molecule has 6 aliphatic rings. The van der Waals surface area contributed by atoms with Crippen molar-refractivity contribution in [2.24, 2.45) is 11.8 Å². The molecule has 0 spiro atoms. The van der Waals surface area contributed by atoms with E-state index in [2.05, 4.69) is 27.7 Å². The molecule has 0 saturated heterocycles. The first-order valence-electron chi connectivity index (χ1n) is 13.2. The highest BCUT2D eigenvalue weighted by molar-refractivity contribution is 7.59. The number of halogens is 2. The molecule has 5 heteroatoms. The van der Waals surface area contributed by atoms with Gasteiger partial charge in [-0.3, -0.25) is 9.41 Å². The molecule has 0 aliphatic heterocycles. The Morgan fingerprint density at radius 1 is 0.455 bits per heavy atom. The van der Waals surface area contributed by atoms with Crippen LogP contribution in [0.2, 0.25) is 0 Å². The molecule has 6 saturated carbocycles. The fraction of sp³-hybridized carbons (Fsp3) is 1.00. The van der Waals surface area contributed by atoms with E-state index in [0.717, 1.165) is 11.8 Å². The Morgan fingerprint density at radius 3 is 0.576 bits per heavy atom. The Labute approximate surface area is 221 Å². The third kappa shape index (κ3) is 59.6. The van der Waals surface area contributed by atoms with Crippen molar-refractivity contribution >= 4 is 13.5 Å². The third-order valence-corrected chi connectivity index (χ3v) is 5.61. The first-order chi connectivity index (χ1) is 13.2. The van der Waals surface area contributed by atoms with E-state index in [1.807, 2.05) is 0 Å². The van der Waals surface area contributed by atoms with Gasteiger partial charge in [-0.2, -0.15) is 13.5 Å². The number of hydrogen-bond donors (Lipinski definition) is 2. The molecule has 33 heavy (non-hydrogen) atoms. The van der Waals surface area contributed by atoms with E-state index in [4.69, 9.17) is 0 Å². The van der Waals surface area contributed by atoms with Crippen LogP contribution in [0.25, 0.3) is 0 Å². The monoisotopic (exact) mass is 511 g/mol. The molecule has 0 aromatic carbocycles. The van der Waals surface area contributed by atoms with Crippen molar-refractivity contribution in [3.8, 4) is 0 Å². The van der Waals surface area contributed by atoms with Gasteiger partial charge in [0.15, 0.2) is 0 Å². The molecule has 6 rings (SSSR count). The molecule has 0 aromatic rings. The van der Waals surface area contributed by atoms with Crippen molar-refractivity contribution in [2.75, 3.05) is 0 Å². The lowest BCUT2D eigenvalue weighted by atomic mass is 9.88. The quantitative estimate of drug-likeness (QED) is 0.340. The second-order valence-electron chi connectivity index (χ2n) is 9.73. The zero-order valence-corrected chi connectivity index (χ0v) is 23.7. The standard InChI is InChI=1S/C5H10.4C4H8.C3H6.C3H8.CH4.2FH.2H3N.H2S.3H2/c1-5-3-2-4-5;1-4-2-3-4;3*1-2-4-3-1;1-2-3-1;1-3-2;;;;;;;;;/h5H,2-4H2,1H3;4H,2-3H2,1H3;3*1-4H2;1-3H2;3H2,1-2H3;1H4;2*1H;2*1H3;1H2;3*1H. The maximum Gasteiger partial charge on any atom is 0 e. The van der Waals surface area contributed by atoms with Crippen LogP contribution in [0, 0.1) is 11.8 Å². The highest BCUT2D eigenvalue weighted by Gasteiger charge is 2.12. The van der Waals surface area contributed by atoms with E-state index in [9.17, 15) is 0 Å². The van der Waals surface area contributed by atoms with Gasteiger partial charge in [0.2, 0.25) is 0 Å². The summed E-state index contributed by atoms with van der Waals surface area (Å²) in [7, 11) is 0. The molecular weight excluding hydrogens is 434 g/mol. The molecule has 218 valence electrons. The Balaban J connectivity index is -0.0000000264. The maximum absolute atomic E-state index is 2.31. The second-order valence-corrected chi connectivity index (χ2v) is 9.73. The predicted molar refractivity (Wildman–Crippen MR) is 165 cm³/mol. The Bertz CT molecular complexity index is 244. The summed E-state index contributed by atoms with van der Waals surface area (Å²) in [5.74, 6) is 2.15. The molecular formula is C28H76F2N2S. The van der Waals surface area contributed by atoms with Gasteiger partial charge in [-0.05, 0) is 11.8 Å². The normalized spacial score (nSPS) is 18.5. The average molecular weight is 511 g/mol. The van der Waals surface area contributed by atoms with Gasteiger partial charge >= 0.3 is 0 Å². The number of hydrogen-bond acceptors (Lipinski definition) is 2. The summed E-state index contributed by atoms with van der Waals surface area (Å²) in [5.41, 5.74) is 0. The van der Waals surface area contributed by atoms with Crippen LogP contribution in [0.15, 0.2) is 0 Å². The molecule has 0 heterocycles. The SMILES string of the molecule is C.C1CC1.C1CCC1.C1CCC1.C1CCC1.CC1CC1.CC1CCC1.CCC.F.F.N.N.S.[HH].[HH].[HH]. The van der Waals surface area contributed by atoms with Gasteiger partial charge in [-0.25, -0.2) is 0 Å². The molecule has 0 aromatic heterocycles. The lowest BCUT2D eigenvalue weighted by Crippen LogP contribution is -2.04. The van der Waals surface area contributed by atoms with Crippen molar-refractivity contribution in [1.82, 2.24) is 12.3 Å². The van der Waals surface area contributed by atoms with Gasteiger partial charge in [-0.15, -0.1) is 0 Å². The van der Waals surface area contributed by atoms with E-state index < -0.39 is 0 Å². The maximum atomic E-state index is 2.31. The molecule has 2 nitrogen and oxygen atoms in total. The molecule has 6 fully saturated rings. The minimum atomic E-state index is 0. The van der Waals surface area contributed by atoms with Crippen LogP contribution in [-0.4, -0.2) is 0 Å². The van der Waals surface area contributed by atoms with Gasteiger partial charge in [0.25, 0.3) is 0 Å². The van der Waals surface area contributed by atoms with Crippen molar-refractivity contribution in [2.45, 2.75) is 170 Å². The molecule has 0 atom stereocenters. The largest absolute Gasteiger partial charge is 0.344 e. The van der Waals surface area contributed by atoms with Gasteiger partial charge in [0.05, 0.1) is 0 Å². The first kappa shape index (κ1) is 50.1. The molecule has 0 bridgehead atoms. The fourth-order valence-electron chi connectivity index (χ4n) is 1.53. The van der Waals surface area contributed by atoms with Gasteiger partial charge in [-0.1, -0.05) is 170 Å². The average Bonchev–Trinajstić information content (AvgIpc) is 3.26. The van der Waals surface area contributed by atoms with Gasteiger partial charge < -0.3 is 12.3 Å². The lowest BCUT2D eigenvalue weighted by Gasteiger charge is -2.18. The van der Waals surface area contributed by atoms with Crippen molar-refractivity contribution in [1.29, 1.82) is 0 Å². The topological polar surface area (TPSA) is 70.0 Å². The Morgan fingerprint density at radius 2 is 0.576 bits per heavy atom. The summed E-state index contributed by atoms with van der Waals surface area (Å²) < 4.78 is 0. The fourth-order valence-corrected chi connectivity index (χ4v) is 1.53. The first-order valence-corrected chi connectivity index (χ1v) is 13.2. The molecule has 6 aliphatic carbocycles. The molecule has 0 amide bonds. The van der Waals surface area contributed by atoms with Crippen LogP contribution in [0.4, 0.5) is 9.41 Å². The second kappa shape index (κ2) is 42.3.